The zero-order chi connectivity index (χ0) is 11.4. The third-order valence-electron chi connectivity index (χ3n) is 3.37. The number of hydrogen-bond donors (Lipinski definition) is 1. The molecule has 0 bridgehead atoms. The maximum absolute atomic E-state index is 5.62. The Labute approximate surface area is 97.7 Å². The zero-order valence-electron chi connectivity index (χ0n) is 10.0. The van der Waals surface area contributed by atoms with Gasteiger partial charge in [-0.25, -0.2) is 0 Å². The lowest BCUT2D eigenvalue weighted by molar-refractivity contribution is 0.185. The highest BCUT2D eigenvalue weighted by Gasteiger charge is 2.15. The van der Waals surface area contributed by atoms with Gasteiger partial charge in [-0.1, -0.05) is 13.0 Å². The Balaban J connectivity index is 1.93. The molecule has 16 heavy (non-hydrogen) atoms. The molecule has 0 spiro atoms. The van der Waals surface area contributed by atoms with Crippen LogP contribution in [0.1, 0.15) is 30.9 Å². The lowest BCUT2D eigenvalue weighted by atomic mass is 9.99. The molecule has 1 aromatic heterocycles. The molecule has 1 aliphatic rings. The molecule has 2 rings (SSSR count). The van der Waals surface area contributed by atoms with E-state index in [-0.39, 0.29) is 0 Å². The molecule has 0 atom stereocenters. The minimum Gasteiger partial charge on any atom is -0.326 e. The Morgan fingerprint density at radius 1 is 1.31 bits per heavy atom. The second kappa shape index (κ2) is 5.41. The van der Waals surface area contributed by atoms with Gasteiger partial charge in [-0.15, -0.1) is 0 Å². The fraction of sp³-hybridized carbons (Fsp3) is 0.615. The van der Waals surface area contributed by atoms with E-state index in [0.717, 1.165) is 18.0 Å². The van der Waals surface area contributed by atoms with Crippen molar-refractivity contribution >= 4 is 0 Å². The van der Waals surface area contributed by atoms with Crippen LogP contribution in [0.25, 0.3) is 0 Å². The molecular formula is C13H21N3. The smallest absolute Gasteiger partial charge is 0.0313 e. The van der Waals surface area contributed by atoms with Gasteiger partial charge in [0.2, 0.25) is 0 Å². The van der Waals surface area contributed by atoms with Crippen molar-refractivity contribution < 1.29 is 0 Å². The summed E-state index contributed by atoms with van der Waals surface area (Å²) in [7, 11) is 0. The van der Waals surface area contributed by atoms with Crippen molar-refractivity contribution in [3.63, 3.8) is 0 Å². The van der Waals surface area contributed by atoms with E-state index < -0.39 is 0 Å². The van der Waals surface area contributed by atoms with E-state index in [1.807, 2.05) is 12.4 Å². The molecule has 1 saturated heterocycles. The van der Waals surface area contributed by atoms with E-state index in [4.69, 9.17) is 5.73 Å². The average molecular weight is 219 g/mol. The maximum Gasteiger partial charge on any atom is 0.0313 e. The lowest BCUT2D eigenvalue weighted by Crippen LogP contribution is -2.32. The van der Waals surface area contributed by atoms with Crippen LogP contribution in [0.15, 0.2) is 18.5 Å². The number of likely N-dealkylation sites (tertiary alicyclic amines) is 1. The molecule has 1 fully saturated rings. The van der Waals surface area contributed by atoms with Crippen molar-refractivity contribution in [2.45, 2.75) is 32.9 Å². The Morgan fingerprint density at radius 2 is 2.00 bits per heavy atom. The largest absolute Gasteiger partial charge is 0.326 e. The van der Waals surface area contributed by atoms with Crippen LogP contribution >= 0.6 is 0 Å². The van der Waals surface area contributed by atoms with E-state index >= 15 is 0 Å². The first-order valence-corrected chi connectivity index (χ1v) is 6.13. The standard InChI is InChI=1S/C13H21N3/c1-11-2-4-16(5-3-11)10-13-6-12(7-14)8-15-9-13/h6,8-9,11H,2-5,7,10,14H2,1H3. The Morgan fingerprint density at radius 3 is 2.69 bits per heavy atom. The molecule has 0 unspecified atom stereocenters. The highest BCUT2D eigenvalue weighted by molar-refractivity contribution is 5.17. The fourth-order valence-electron chi connectivity index (χ4n) is 2.22. The molecule has 0 amide bonds. The molecule has 2 N–H and O–H groups in total. The molecule has 0 aromatic carbocycles. The van der Waals surface area contributed by atoms with Gasteiger partial charge in [0, 0.05) is 25.5 Å². The highest BCUT2D eigenvalue weighted by Crippen LogP contribution is 2.18. The minimum absolute atomic E-state index is 0.581. The van der Waals surface area contributed by atoms with Crippen LogP contribution in [-0.4, -0.2) is 23.0 Å². The number of hydrogen-bond acceptors (Lipinski definition) is 3. The van der Waals surface area contributed by atoms with E-state index in [1.165, 1.54) is 31.5 Å². The fourth-order valence-corrected chi connectivity index (χ4v) is 2.22. The number of nitrogens with two attached hydrogens (primary N) is 1. The summed E-state index contributed by atoms with van der Waals surface area (Å²) in [6.07, 6.45) is 6.45. The summed E-state index contributed by atoms with van der Waals surface area (Å²) in [6, 6.07) is 2.17. The van der Waals surface area contributed by atoms with Gasteiger partial charge in [0.1, 0.15) is 0 Å². The summed E-state index contributed by atoms with van der Waals surface area (Å²) in [5.41, 5.74) is 8.03. The van der Waals surface area contributed by atoms with Crippen molar-refractivity contribution in [1.29, 1.82) is 0 Å². The van der Waals surface area contributed by atoms with Gasteiger partial charge in [0.15, 0.2) is 0 Å². The summed E-state index contributed by atoms with van der Waals surface area (Å²) in [4.78, 5) is 6.74. The second-order valence-electron chi connectivity index (χ2n) is 4.86. The first-order valence-electron chi connectivity index (χ1n) is 6.13. The van der Waals surface area contributed by atoms with Crippen molar-refractivity contribution in [2.24, 2.45) is 11.7 Å². The van der Waals surface area contributed by atoms with Crippen LogP contribution in [-0.2, 0) is 13.1 Å². The molecule has 0 radical (unpaired) electrons. The number of piperidine rings is 1. The molecule has 1 aromatic rings. The highest BCUT2D eigenvalue weighted by atomic mass is 15.1. The third-order valence-corrected chi connectivity index (χ3v) is 3.37. The second-order valence-corrected chi connectivity index (χ2v) is 4.86. The van der Waals surface area contributed by atoms with Crippen molar-refractivity contribution in [1.82, 2.24) is 9.88 Å². The van der Waals surface area contributed by atoms with E-state index in [0.29, 0.717) is 6.54 Å². The Kier molecular flexibility index (Phi) is 3.91. The van der Waals surface area contributed by atoms with Gasteiger partial charge in [-0.3, -0.25) is 9.88 Å². The van der Waals surface area contributed by atoms with Crippen LogP contribution in [0.2, 0.25) is 0 Å². The number of pyridine rings is 1. The summed E-state index contributed by atoms with van der Waals surface area (Å²) in [5, 5.41) is 0. The molecule has 88 valence electrons. The predicted molar refractivity (Wildman–Crippen MR) is 65.8 cm³/mol. The Hall–Kier alpha value is -0.930. The van der Waals surface area contributed by atoms with Crippen LogP contribution in [0.4, 0.5) is 0 Å². The molecule has 2 heterocycles. The van der Waals surface area contributed by atoms with Crippen LogP contribution in [0.3, 0.4) is 0 Å². The van der Waals surface area contributed by atoms with Crippen molar-refractivity contribution in [2.75, 3.05) is 13.1 Å². The van der Waals surface area contributed by atoms with Gasteiger partial charge >= 0.3 is 0 Å². The number of rotatable bonds is 3. The van der Waals surface area contributed by atoms with Gasteiger partial charge in [-0.2, -0.15) is 0 Å². The Bertz CT molecular complexity index is 330. The van der Waals surface area contributed by atoms with Gasteiger partial charge in [0.05, 0.1) is 0 Å². The third kappa shape index (κ3) is 3.03. The van der Waals surface area contributed by atoms with Crippen LogP contribution in [0.5, 0.6) is 0 Å². The SMILES string of the molecule is CC1CCN(Cc2cncc(CN)c2)CC1. The van der Waals surface area contributed by atoms with Crippen LogP contribution < -0.4 is 5.73 Å². The van der Waals surface area contributed by atoms with E-state index in [2.05, 4.69) is 22.9 Å². The van der Waals surface area contributed by atoms with Gasteiger partial charge in [-0.05, 0) is 43.0 Å². The molecular weight excluding hydrogens is 198 g/mol. The van der Waals surface area contributed by atoms with Gasteiger partial charge < -0.3 is 5.73 Å². The quantitative estimate of drug-likeness (QED) is 0.842. The summed E-state index contributed by atoms with van der Waals surface area (Å²) in [6.45, 7) is 6.38. The first kappa shape index (κ1) is 11.6. The van der Waals surface area contributed by atoms with Gasteiger partial charge in [0.25, 0.3) is 0 Å². The summed E-state index contributed by atoms with van der Waals surface area (Å²) >= 11 is 0. The molecule has 0 saturated carbocycles. The molecule has 3 nitrogen and oxygen atoms in total. The summed E-state index contributed by atoms with van der Waals surface area (Å²) in [5.74, 6) is 0.893. The van der Waals surface area contributed by atoms with Crippen molar-refractivity contribution in [3.05, 3.63) is 29.6 Å². The number of nitrogens with zero attached hydrogens (tertiary/aromatic N) is 2. The van der Waals surface area contributed by atoms with E-state index in [9.17, 15) is 0 Å². The molecule has 3 heteroatoms. The predicted octanol–water partition coefficient (Wildman–Crippen LogP) is 1.77. The average Bonchev–Trinajstić information content (AvgIpc) is 2.32. The van der Waals surface area contributed by atoms with Crippen LogP contribution in [0, 0.1) is 5.92 Å². The maximum atomic E-state index is 5.62. The lowest BCUT2D eigenvalue weighted by Gasteiger charge is -2.30. The monoisotopic (exact) mass is 219 g/mol. The summed E-state index contributed by atoms with van der Waals surface area (Å²) < 4.78 is 0. The molecule has 1 aliphatic heterocycles. The molecule has 0 aliphatic carbocycles. The minimum atomic E-state index is 0.581. The zero-order valence-corrected chi connectivity index (χ0v) is 10.0. The first-order chi connectivity index (χ1) is 7.78. The van der Waals surface area contributed by atoms with Crippen molar-refractivity contribution in [3.8, 4) is 0 Å². The van der Waals surface area contributed by atoms with E-state index in [1.54, 1.807) is 0 Å². The number of aromatic nitrogens is 1. The normalized spacial score (nSPS) is 18.9. The topological polar surface area (TPSA) is 42.2 Å².